The van der Waals surface area contributed by atoms with Gasteiger partial charge in [0.05, 0.1) is 5.56 Å². The number of aromatic carboxylic acids is 1. The van der Waals surface area contributed by atoms with Gasteiger partial charge in [-0.2, -0.15) is 0 Å². The molecule has 0 saturated carbocycles. The van der Waals surface area contributed by atoms with Gasteiger partial charge >= 0.3 is 5.97 Å². The first-order chi connectivity index (χ1) is 13.6. The number of aromatic nitrogens is 1. The number of pyridine rings is 1. The van der Waals surface area contributed by atoms with Gasteiger partial charge in [-0.3, -0.25) is 9.78 Å². The normalized spacial score (nSPS) is 14.9. The van der Waals surface area contributed by atoms with E-state index in [0.29, 0.717) is 30.3 Å². The Labute approximate surface area is 163 Å². The van der Waals surface area contributed by atoms with E-state index < -0.39 is 5.97 Å². The smallest absolute Gasteiger partial charge is 0.335 e. The molecule has 1 fully saturated rings. The Balaban J connectivity index is 1.44. The van der Waals surface area contributed by atoms with Crippen LogP contribution in [0.4, 0.5) is 0 Å². The molecule has 0 radical (unpaired) electrons. The first kappa shape index (κ1) is 18.2. The standard InChI is InChI=1S/C23H22N2O3/c26-22(21-19-7-3-1-5-17(19)9-12-24-21)25-13-10-16(11-14-25)15-18-6-2-4-8-20(18)23(27)28/h1-9,12,16H,10-11,13-15H2,(H,27,28). The SMILES string of the molecule is O=C(O)c1ccccc1CC1CCN(C(=O)c2nccc3ccccc23)CC1. The molecule has 1 N–H and O–H groups in total. The van der Waals surface area contributed by atoms with Crippen LogP contribution in [0.1, 0.15) is 39.3 Å². The molecule has 0 aliphatic carbocycles. The van der Waals surface area contributed by atoms with Gasteiger partial charge in [0.1, 0.15) is 5.69 Å². The maximum atomic E-state index is 13.0. The average Bonchev–Trinajstić information content (AvgIpc) is 2.73. The summed E-state index contributed by atoms with van der Waals surface area (Å²) >= 11 is 0. The number of nitrogens with zero attached hydrogens (tertiary/aromatic N) is 2. The first-order valence-corrected chi connectivity index (χ1v) is 9.57. The van der Waals surface area contributed by atoms with E-state index in [1.54, 1.807) is 18.3 Å². The van der Waals surface area contributed by atoms with Gasteiger partial charge in [-0.15, -0.1) is 0 Å². The molecule has 3 aromatic rings. The van der Waals surface area contributed by atoms with E-state index in [9.17, 15) is 14.7 Å². The van der Waals surface area contributed by atoms with Crippen molar-refractivity contribution in [2.75, 3.05) is 13.1 Å². The van der Waals surface area contributed by atoms with E-state index in [-0.39, 0.29) is 5.91 Å². The maximum Gasteiger partial charge on any atom is 0.335 e. The summed E-state index contributed by atoms with van der Waals surface area (Å²) in [5.74, 6) is -0.531. The highest BCUT2D eigenvalue weighted by Gasteiger charge is 2.26. The summed E-state index contributed by atoms with van der Waals surface area (Å²) in [4.78, 5) is 30.6. The number of amides is 1. The summed E-state index contributed by atoms with van der Waals surface area (Å²) in [6.07, 6.45) is 4.15. The fourth-order valence-corrected chi connectivity index (χ4v) is 4.00. The molecular formula is C23H22N2O3. The monoisotopic (exact) mass is 374 g/mol. The first-order valence-electron chi connectivity index (χ1n) is 9.57. The van der Waals surface area contributed by atoms with Crippen molar-refractivity contribution in [2.24, 2.45) is 5.92 Å². The average molecular weight is 374 g/mol. The van der Waals surface area contributed by atoms with E-state index in [0.717, 1.165) is 35.6 Å². The minimum Gasteiger partial charge on any atom is -0.478 e. The van der Waals surface area contributed by atoms with Crippen LogP contribution in [-0.2, 0) is 6.42 Å². The molecule has 142 valence electrons. The molecule has 4 rings (SSSR count). The van der Waals surface area contributed by atoms with Crippen LogP contribution < -0.4 is 0 Å². The number of carboxylic acid groups (broad SMARTS) is 1. The van der Waals surface area contributed by atoms with Gasteiger partial charge in [-0.05, 0) is 48.3 Å². The molecule has 1 aliphatic heterocycles. The Kier molecular flexibility index (Phi) is 5.06. The van der Waals surface area contributed by atoms with Crippen molar-refractivity contribution in [2.45, 2.75) is 19.3 Å². The fourth-order valence-electron chi connectivity index (χ4n) is 4.00. The Bertz CT molecular complexity index is 1020. The van der Waals surface area contributed by atoms with Crippen LogP contribution in [0.15, 0.2) is 60.8 Å². The number of hydrogen-bond acceptors (Lipinski definition) is 3. The van der Waals surface area contributed by atoms with Crippen molar-refractivity contribution in [3.63, 3.8) is 0 Å². The predicted octanol–water partition coefficient (Wildman–Crippen LogP) is 4.03. The van der Waals surface area contributed by atoms with Gasteiger partial charge in [-0.1, -0.05) is 42.5 Å². The lowest BCUT2D eigenvalue weighted by molar-refractivity contribution is 0.0687. The molecule has 2 aromatic carbocycles. The quantitative estimate of drug-likeness (QED) is 0.749. The number of benzene rings is 2. The third-order valence-electron chi connectivity index (χ3n) is 5.53. The molecule has 1 saturated heterocycles. The van der Waals surface area contributed by atoms with Gasteiger partial charge in [-0.25, -0.2) is 4.79 Å². The van der Waals surface area contributed by atoms with Crippen molar-refractivity contribution in [3.05, 3.63) is 77.6 Å². The van der Waals surface area contributed by atoms with Crippen LogP contribution in [0.3, 0.4) is 0 Å². The molecule has 1 aliphatic rings. The van der Waals surface area contributed by atoms with E-state index in [1.807, 2.05) is 47.4 Å². The molecular weight excluding hydrogens is 352 g/mol. The molecule has 0 atom stereocenters. The second kappa shape index (κ2) is 7.80. The van der Waals surface area contributed by atoms with E-state index >= 15 is 0 Å². The molecule has 0 bridgehead atoms. The zero-order chi connectivity index (χ0) is 19.5. The number of rotatable bonds is 4. The summed E-state index contributed by atoms with van der Waals surface area (Å²) < 4.78 is 0. The lowest BCUT2D eigenvalue weighted by Gasteiger charge is -2.32. The zero-order valence-electron chi connectivity index (χ0n) is 15.5. The number of fused-ring (bicyclic) bond motifs is 1. The molecule has 28 heavy (non-hydrogen) atoms. The highest BCUT2D eigenvalue weighted by Crippen LogP contribution is 2.25. The minimum atomic E-state index is -0.884. The van der Waals surface area contributed by atoms with E-state index in [1.165, 1.54) is 0 Å². The molecule has 0 spiro atoms. The lowest BCUT2D eigenvalue weighted by atomic mass is 9.88. The number of hydrogen-bond donors (Lipinski definition) is 1. The Morgan fingerprint density at radius 3 is 2.50 bits per heavy atom. The van der Waals surface area contributed by atoms with E-state index in [4.69, 9.17) is 0 Å². The Hall–Kier alpha value is -3.21. The van der Waals surface area contributed by atoms with Gasteiger partial charge < -0.3 is 10.0 Å². The van der Waals surface area contributed by atoms with Crippen LogP contribution in [0.5, 0.6) is 0 Å². The maximum absolute atomic E-state index is 13.0. The third-order valence-corrected chi connectivity index (χ3v) is 5.53. The van der Waals surface area contributed by atoms with Crippen molar-refractivity contribution >= 4 is 22.6 Å². The number of likely N-dealkylation sites (tertiary alicyclic amines) is 1. The molecule has 5 heteroatoms. The summed E-state index contributed by atoms with van der Waals surface area (Å²) in [5, 5.41) is 11.3. The van der Waals surface area contributed by atoms with E-state index in [2.05, 4.69) is 4.98 Å². The Morgan fingerprint density at radius 2 is 1.71 bits per heavy atom. The Morgan fingerprint density at radius 1 is 1.00 bits per heavy atom. The van der Waals surface area contributed by atoms with Crippen molar-refractivity contribution < 1.29 is 14.7 Å². The molecule has 5 nitrogen and oxygen atoms in total. The number of piperidine rings is 1. The number of carboxylic acids is 1. The number of carbonyl (C=O) groups excluding carboxylic acids is 1. The zero-order valence-corrected chi connectivity index (χ0v) is 15.5. The highest BCUT2D eigenvalue weighted by molar-refractivity contribution is 6.05. The van der Waals surface area contributed by atoms with Crippen LogP contribution >= 0.6 is 0 Å². The summed E-state index contributed by atoms with van der Waals surface area (Å²) in [6.45, 7) is 1.34. The van der Waals surface area contributed by atoms with Crippen LogP contribution in [0.2, 0.25) is 0 Å². The van der Waals surface area contributed by atoms with Crippen molar-refractivity contribution in [1.29, 1.82) is 0 Å². The summed E-state index contributed by atoms with van der Waals surface area (Å²) in [5.41, 5.74) is 1.75. The van der Waals surface area contributed by atoms with Gasteiger partial charge in [0.2, 0.25) is 0 Å². The molecule has 1 aromatic heterocycles. The molecule has 0 unspecified atom stereocenters. The van der Waals surface area contributed by atoms with Gasteiger partial charge in [0.25, 0.3) is 5.91 Å². The largest absolute Gasteiger partial charge is 0.478 e. The van der Waals surface area contributed by atoms with Crippen LogP contribution in [0, 0.1) is 5.92 Å². The fraction of sp³-hybridized carbons (Fsp3) is 0.261. The second-order valence-corrected chi connectivity index (χ2v) is 7.28. The van der Waals surface area contributed by atoms with Crippen molar-refractivity contribution in [1.82, 2.24) is 9.88 Å². The second-order valence-electron chi connectivity index (χ2n) is 7.28. The lowest BCUT2D eigenvalue weighted by Crippen LogP contribution is -2.39. The molecule has 2 heterocycles. The predicted molar refractivity (Wildman–Crippen MR) is 107 cm³/mol. The van der Waals surface area contributed by atoms with Gasteiger partial charge in [0.15, 0.2) is 0 Å². The van der Waals surface area contributed by atoms with Crippen molar-refractivity contribution in [3.8, 4) is 0 Å². The molecule has 1 amide bonds. The topological polar surface area (TPSA) is 70.5 Å². The van der Waals surface area contributed by atoms with Gasteiger partial charge in [0, 0.05) is 24.7 Å². The summed E-state index contributed by atoms with van der Waals surface area (Å²) in [6, 6.07) is 16.9. The third kappa shape index (κ3) is 3.60. The highest BCUT2D eigenvalue weighted by atomic mass is 16.4. The summed E-state index contributed by atoms with van der Waals surface area (Å²) in [7, 11) is 0. The number of carbonyl (C=O) groups is 2. The van der Waals surface area contributed by atoms with Crippen LogP contribution in [0.25, 0.3) is 10.8 Å². The van der Waals surface area contributed by atoms with Crippen LogP contribution in [-0.4, -0.2) is 40.0 Å². The minimum absolute atomic E-state index is 0.0267.